The molecule has 0 nitrogen and oxygen atoms in total. The molecule has 0 saturated carbocycles. The number of halogens is 2. The van der Waals surface area contributed by atoms with Crippen LogP contribution in [0.3, 0.4) is 0 Å². The first-order chi connectivity index (χ1) is 5.58. The first kappa shape index (κ1) is 10.4. The zero-order valence-corrected chi connectivity index (χ0v) is 9.56. The molecule has 0 N–H and O–H groups in total. The minimum absolute atomic E-state index is 0.118. The van der Waals surface area contributed by atoms with Crippen LogP contribution in [-0.4, -0.2) is 5.88 Å². The molecule has 1 aromatic heterocycles. The smallest absolute Gasteiger partial charge is 0.0550 e. The van der Waals surface area contributed by atoms with Crippen molar-refractivity contribution < 1.29 is 0 Å². The van der Waals surface area contributed by atoms with Crippen molar-refractivity contribution in [2.75, 3.05) is 5.88 Å². The summed E-state index contributed by atoms with van der Waals surface area (Å²) in [6, 6.07) is 1.94. The average Bonchev–Trinajstić information content (AvgIpc) is 2.35. The highest BCUT2D eigenvalue weighted by Gasteiger charge is 2.23. The van der Waals surface area contributed by atoms with Gasteiger partial charge in [0.1, 0.15) is 0 Å². The highest BCUT2D eigenvalue weighted by Crippen LogP contribution is 2.36. The van der Waals surface area contributed by atoms with Crippen LogP contribution in [0.1, 0.15) is 25.1 Å². The minimum Gasteiger partial charge on any atom is -0.147 e. The van der Waals surface area contributed by atoms with Crippen molar-refractivity contribution in [3.05, 3.63) is 21.3 Å². The maximum Gasteiger partial charge on any atom is 0.0550 e. The topological polar surface area (TPSA) is 0 Å². The summed E-state index contributed by atoms with van der Waals surface area (Å²) in [5.74, 6) is 0.682. The largest absolute Gasteiger partial charge is 0.147 e. The molecule has 3 heteroatoms. The molecule has 0 aliphatic carbocycles. The second-order valence-electron chi connectivity index (χ2n) is 3.42. The quantitative estimate of drug-likeness (QED) is 0.670. The van der Waals surface area contributed by atoms with Gasteiger partial charge in [-0.2, -0.15) is 0 Å². The van der Waals surface area contributed by atoms with Crippen molar-refractivity contribution in [2.24, 2.45) is 0 Å². The second kappa shape index (κ2) is 3.99. The summed E-state index contributed by atoms with van der Waals surface area (Å²) in [5.41, 5.74) is 0.118. The van der Waals surface area contributed by atoms with Crippen LogP contribution in [0.2, 0.25) is 5.02 Å². The van der Waals surface area contributed by atoms with Gasteiger partial charge < -0.3 is 0 Å². The van der Waals surface area contributed by atoms with Crippen molar-refractivity contribution >= 4 is 34.5 Å². The molecule has 0 fully saturated rings. The SMILES string of the molecule is CC(C)(CCCl)c1sccc1Cl. The van der Waals surface area contributed by atoms with Crippen LogP contribution >= 0.6 is 34.5 Å². The van der Waals surface area contributed by atoms with E-state index in [0.29, 0.717) is 5.88 Å². The Kier molecular flexibility index (Phi) is 3.45. The Morgan fingerprint density at radius 2 is 2.17 bits per heavy atom. The van der Waals surface area contributed by atoms with E-state index in [1.54, 1.807) is 11.3 Å². The van der Waals surface area contributed by atoms with Gasteiger partial charge in [-0.3, -0.25) is 0 Å². The van der Waals surface area contributed by atoms with Crippen molar-refractivity contribution in [1.82, 2.24) is 0 Å². The fraction of sp³-hybridized carbons (Fsp3) is 0.556. The summed E-state index contributed by atoms with van der Waals surface area (Å²) >= 11 is 13.5. The Labute approximate surface area is 87.5 Å². The van der Waals surface area contributed by atoms with Crippen molar-refractivity contribution in [2.45, 2.75) is 25.7 Å². The molecule has 0 bridgehead atoms. The maximum atomic E-state index is 6.03. The molecule has 1 aromatic rings. The molecule has 1 heterocycles. The van der Waals surface area contributed by atoms with Gasteiger partial charge in [0.15, 0.2) is 0 Å². The average molecular weight is 223 g/mol. The Morgan fingerprint density at radius 1 is 1.50 bits per heavy atom. The van der Waals surface area contributed by atoms with Gasteiger partial charge in [0, 0.05) is 16.2 Å². The number of rotatable bonds is 3. The number of hydrogen-bond acceptors (Lipinski definition) is 1. The van der Waals surface area contributed by atoms with E-state index in [0.717, 1.165) is 11.4 Å². The van der Waals surface area contributed by atoms with Crippen LogP contribution in [0.25, 0.3) is 0 Å². The molecule has 12 heavy (non-hydrogen) atoms. The molecule has 1 rings (SSSR count). The Balaban J connectivity index is 2.88. The first-order valence-electron chi connectivity index (χ1n) is 3.87. The Morgan fingerprint density at radius 3 is 2.58 bits per heavy atom. The van der Waals surface area contributed by atoms with E-state index >= 15 is 0 Å². The second-order valence-corrected chi connectivity index (χ2v) is 5.12. The van der Waals surface area contributed by atoms with Crippen LogP contribution in [0.4, 0.5) is 0 Å². The standard InChI is InChI=1S/C9H12Cl2S/c1-9(2,4-5-10)8-7(11)3-6-12-8/h3,6H,4-5H2,1-2H3. The lowest BCUT2D eigenvalue weighted by Crippen LogP contribution is -2.16. The molecule has 0 unspecified atom stereocenters. The van der Waals surface area contributed by atoms with Gasteiger partial charge in [0.05, 0.1) is 5.02 Å². The molecule has 0 aromatic carbocycles. The van der Waals surface area contributed by atoms with Crippen LogP contribution in [0.15, 0.2) is 11.4 Å². The molecule has 0 amide bonds. The molecule has 0 atom stereocenters. The molecule has 0 radical (unpaired) electrons. The number of thiophene rings is 1. The monoisotopic (exact) mass is 222 g/mol. The molecule has 0 saturated heterocycles. The molecule has 68 valence electrons. The van der Waals surface area contributed by atoms with Gasteiger partial charge in [0.2, 0.25) is 0 Å². The molecular weight excluding hydrogens is 211 g/mol. The third-order valence-electron chi connectivity index (χ3n) is 1.95. The van der Waals surface area contributed by atoms with Crippen LogP contribution in [0, 0.1) is 0 Å². The van der Waals surface area contributed by atoms with Crippen molar-refractivity contribution in [1.29, 1.82) is 0 Å². The predicted molar refractivity (Wildman–Crippen MR) is 57.7 cm³/mol. The first-order valence-corrected chi connectivity index (χ1v) is 5.66. The summed E-state index contributed by atoms with van der Waals surface area (Å²) < 4.78 is 0. The normalized spacial score (nSPS) is 12.0. The lowest BCUT2D eigenvalue weighted by atomic mass is 9.88. The van der Waals surface area contributed by atoms with Gasteiger partial charge in [-0.25, -0.2) is 0 Å². The number of hydrogen-bond donors (Lipinski definition) is 0. The predicted octanol–water partition coefficient (Wildman–Crippen LogP) is 4.31. The maximum absolute atomic E-state index is 6.03. The minimum atomic E-state index is 0.118. The Hall–Kier alpha value is 0.280. The third-order valence-corrected chi connectivity index (χ3v) is 3.85. The van der Waals surface area contributed by atoms with Gasteiger partial charge in [-0.15, -0.1) is 22.9 Å². The lowest BCUT2D eigenvalue weighted by molar-refractivity contribution is 0.520. The third kappa shape index (κ3) is 2.15. The van der Waals surface area contributed by atoms with Crippen LogP contribution < -0.4 is 0 Å². The lowest BCUT2D eigenvalue weighted by Gasteiger charge is -2.22. The van der Waals surface area contributed by atoms with E-state index in [1.165, 1.54) is 4.88 Å². The van der Waals surface area contributed by atoms with E-state index in [1.807, 2.05) is 11.4 Å². The molecular formula is C9H12Cl2S. The highest BCUT2D eigenvalue weighted by atomic mass is 35.5. The molecule has 0 spiro atoms. The zero-order chi connectivity index (χ0) is 9.19. The summed E-state index contributed by atoms with van der Waals surface area (Å²) in [7, 11) is 0. The van der Waals surface area contributed by atoms with Gasteiger partial charge >= 0.3 is 0 Å². The summed E-state index contributed by atoms with van der Waals surface area (Å²) in [5, 5.41) is 2.89. The van der Waals surface area contributed by atoms with Gasteiger partial charge in [0.25, 0.3) is 0 Å². The number of alkyl halides is 1. The molecule has 0 aliphatic rings. The van der Waals surface area contributed by atoms with Gasteiger partial charge in [-0.05, 0) is 17.9 Å². The van der Waals surface area contributed by atoms with Gasteiger partial charge in [-0.1, -0.05) is 25.4 Å². The summed E-state index contributed by atoms with van der Waals surface area (Å²) in [6.45, 7) is 4.35. The van der Waals surface area contributed by atoms with E-state index in [-0.39, 0.29) is 5.41 Å². The fourth-order valence-electron chi connectivity index (χ4n) is 1.13. The summed E-state index contributed by atoms with van der Waals surface area (Å²) in [4.78, 5) is 1.24. The van der Waals surface area contributed by atoms with Crippen LogP contribution in [-0.2, 0) is 5.41 Å². The van der Waals surface area contributed by atoms with Crippen molar-refractivity contribution in [3.63, 3.8) is 0 Å². The van der Waals surface area contributed by atoms with E-state index in [9.17, 15) is 0 Å². The van der Waals surface area contributed by atoms with E-state index in [2.05, 4.69) is 13.8 Å². The summed E-state index contributed by atoms with van der Waals surface area (Å²) in [6.07, 6.45) is 0.967. The zero-order valence-electron chi connectivity index (χ0n) is 7.23. The van der Waals surface area contributed by atoms with E-state index in [4.69, 9.17) is 23.2 Å². The Bertz CT molecular complexity index is 253. The van der Waals surface area contributed by atoms with E-state index < -0.39 is 0 Å². The van der Waals surface area contributed by atoms with Crippen molar-refractivity contribution in [3.8, 4) is 0 Å². The van der Waals surface area contributed by atoms with Crippen LogP contribution in [0.5, 0.6) is 0 Å². The fourth-order valence-corrected chi connectivity index (χ4v) is 3.07. The highest BCUT2D eigenvalue weighted by molar-refractivity contribution is 7.10. The molecule has 0 aliphatic heterocycles.